The summed E-state index contributed by atoms with van der Waals surface area (Å²) in [6.07, 6.45) is 7.18. The van der Waals surface area contributed by atoms with Crippen molar-refractivity contribution in [3.8, 4) is 0 Å². The first kappa shape index (κ1) is 29.8. The summed E-state index contributed by atoms with van der Waals surface area (Å²) in [6, 6.07) is 13.4. The minimum absolute atomic E-state index is 0.171. The Bertz CT molecular complexity index is 1010. The lowest BCUT2D eigenvalue weighted by Crippen LogP contribution is -2.35. The highest BCUT2D eigenvalue weighted by atomic mass is 32.3. The third kappa shape index (κ3) is 8.89. The molecule has 2 rings (SSSR count). The maximum Gasteiger partial charge on any atom is 0.253 e. The average Bonchev–Trinajstić information content (AvgIpc) is 2.82. The van der Waals surface area contributed by atoms with E-state index < -0.39 is 20.0 Å². The van der Waals surface area contributed by atoms with E-state index in [1.165, 1.54) is 7.42 Å². The Morgan fingerprint density at radius 3 is 1.23 bits per heavy atom. The quantitative estimate of drug-likeness (QED) is 0.175. The molecule has 0 spiro atoms. The van der Waals surface area contributed by atoms with Crippen molar-refractivity contribution >= 4 is 32.2 Å². The lowest BCUT2D eigenvalue weighted by Gasteiger charge is -2.28. The number of nitrogens with zero attached hydrogens (tertiary/aromatic N) is 2. The van der Waals surface area contributed by atoms with Gasteiger partial charge in [0.25, 0.3) is 20.0 Å². The number of unbranched alkanes of at least 4 members (excludes halogenated alkanes) is 6. The molecule has 0 amide bonds. The minimum atomic E-state index is -3.89. The van der Waals surface area contributed by atoms with Crippen LogP contribution in [0.2, 0.25) is 0 Å². The Kier molecular flexibility index (Phi) is 12.3. The van der Waals surface area contributed by atoms with Crippen molar-refractivity contribution in [2.45, 2.75) is 88.9 Å². The standard InChI is InChI=1S/C26H40N2O4S3/c1-5-7-9-11-21-27(34(29,30)25-17-13-23(3)14-18-25)33-28(22-12-10-8-6-2)35(31,32)26-19-15-24(4)16-20-26/h13-20H,5-12,21-22H2,1-4H3. The highest BCUT2D eigenvalue weighted by Gasteiger charge is 2.33. The molecule has 2 aromatic rings. The van der Waals surface area contributed by atoms with Crippen molar-refractivity contribution in [2.75, 3.05) is 13.1 Å². The topological polar surface area (TPSA) is 74.8 Å². The molecule has 35 heavy (non-hydrogen) atoms. The van der Waals surface area contributed by atoms with Gasteiger partial charge in [-0.25, -0.2) is 16.8 Å². The molecule has 9 heteroatoms. The smallest absolute Gasteiger partial charge is 0.206 e. The van der Waals surface area contributed by atoms with Crippen LogP contribution in [0.3, 0.4) is 0 Å². The van der Waals surface area contributed by atoms with Crippen LogP contribution >= 0.6 is 12.1 Å². The molecule has 196 valence electrons. The number of hydrogen-bond acceptors (Lipinski definition) is 5. The highest BCUT2D eigenvalue weighted by Crippen LogP contribution is 2.32. The van der Waals surface area contributed by atoms with Gasteiger partial charge in [-0.1, -0.05) is 87.8 Å². The molecule has 0 aliphatic rings. The molecule has 0 aliphatic heterocycles. The van der Waals surface area contributed by atoms with E-state index in [1.54, 1.807) is 48.5 Å². The van der Waals surface area contributed by atoms with Gasteiger partial charge < -0.3 is 0 Å². The van der Waals surface area contributed by atoms with E-state index in [1.807, 2.05) is 13.8 Å². The van der Waals surface area contributed by atoms with Gasteiger partial charge in [0.2, 0.25) is 0 Å². The molecule has 0 aromatic heterocycles. The predicted molar refractivity (Wildman–Crippen MR) is 146 cm³/mol. The van der Waals surface area contributed by atoms with Crippen LogP contribution in [0.1, 0.15) is 76.3 Å². The summed E-state index contributed by atoms with van der Waals surface area (Å²) in [4.78, 5) is 0.342. The average molecular weight is 541 g/mol. The number of sulfonamides is 2. The molecule has 0 fully saturated rings. The van der Waals surface area contributed by atoms with Crippen LogP contribution in [-0.2, 0) is 20.0 Å². The summed E-state index contributed by atoms with van der Waals surface area (Å²) >= 11 is 0.809. The third-order valence-corrected chi connectivity index (χ3v) is 11.2. The Labute approximate surface area is 217 Å². The number of rotatable bonds is 16. The second kappa shape index (κ2) is 14.4. The summed E-state index contributed by atoms with van der Waals surface area (Å²) in [5, 5.41) is 0. The molecule has 0 atom stereocenters. The second-order valence-electron chi connectivity index (χ2n) is 8.89. The van der Waals surface area contributed by atoms with E-state index in [9.17, 15) is 16.8 Å². The third-order valence-electron chi connectivity index (χ3n) is 5.74. The van der Waals surface area contributed by atoms with Crippen LogP contribution in [-0.4, -0.2) is 37.3 Å². The molecule has 0 saturated carbocycles. The summed E-state index contributed by atoms with van der Waals surface area (Å²) in [5.74, 6) is 0. The minimum Gasteiger partial charge on any atom is -0.206 e. The number of benzene rings is 2. The van der Waals surface area contributed by atoms with E-state index in [0.29, 0.717) is 12.8 Å². The first-order valence-electron chi connectivity index (χ1n) is 12.5. The van der Waals surface area contributed by atoms with Gasteiger partial charge in [0.1, 0.15) is 0 Å². The summed E-state index contributed by atoms with van der Waals surface area (Å²) in [5.41, 5.74) is 1.93. The van der Waals surface area contributed by atoms with Crippen LogP contribution in [0.25, 0.3) is 0 Å². The van der Waals surface area contributed by atoms with Gasteiger partial charge in [0.15, 0.2) is 0 Å². The van der Waals surface area contributed by atoms with Gasteiger partial charge in [0.05, 0.1) is 9.79 Å². The lowest BCUT2D eigenvalue weighted by molar-refractivity contribution is 0.497. The van der Waals surface area contributed by atoms with Crippen LogP contribution in [0.15, 0.2) is 58.3 Å². The van der Waals surface area contributed by atoms with Crippen LogP contribution in [0.4, 0.5) is 0 Å². The zero-order valence-corrected chi connectivity index (χ0v) is 23.9. The fourth-order valence-electron chi connectivity index (χ4n) is 3.50. The van der Waals surface area contributed by atoms with Crippen LogP contribution < -0.4 is 0 Å². The van der Waals surface area contributed by atoms with E-state index in [4.69, 9.17) is 0 Å². The van der Waals surface area contributed by atoms with Gasteiger partial charge in [-0.3, -0.25) is 0 Å². The van der Waals surface area contributed by atoms with Crippen molar-refractivity contribution in [1.29, 1.82) is 0 Å². The number of hydrogen-bond donors (Lipinski definition) is 0. The largest absolute Gasteiger partial charge is 0.253 e. The van der Waals surface area contributed by atoms with Gasteiger partial charge in [-0.15, -0.1) is 7.42 Å². The van der Waals surface area contributed by atoms with E-state index in [0.717, 1.165) is 61.8 Å². The Hall–Kier alpha value is -1.39. The Morgan fingerprint density at radius 2 is 0.914 bits per heavy atom. The zero-order chi connectivity index (χ0) is 25.9. The van der Waals surface area contributed by atoms with Crippen molar-refractivity contribution in [3.63, 3.8) is 0 Å². The van der Waals surface area contributed by atoms with Gasteiger partial charge in [0, 0.05) is 25.2 Å². The van der Waals surface area contributed by atoms with Crippen LogP contribution in [0, 0.1) is 13.8 Å². The normalized spacial score (nSPS) is 12.5. The predicted octanol–water partition coefficient (Wildman–Crippen LogP) is 6.71. The molecular weight excluding hydrogens is 500 g/mol. The van der Waals surface area contributed by atoms with Crippen LogP contribution in [0.5, 0.6) is 0 Å². The molecular formula is C26H40N2O4S3. The Morgan fingerprint density at radius 1 is 0.571 bits per heavy atom. The van der Waals surface area contributed by atoms with Crippen molar-refractivity contribution < 1.29 is 16.8 Å². The number of aryl methyl sites for hydroxylation is 2. The monoisotopic (exact) mass is 540 g/mol. The zero-order valence-electron chi connectivity index (χ0n) is 21.4. The second-order valence-corrected chi connectivity index (χ2v) is 14.1. The van der Waals surface area contributed by atoms with Crippen molar-refractivity contribution in [3.05, 3.63) is 59.7 Å². The lowest BCUT2D eigenvalue weighted by atomic mass is 10.2. The highest BCUT2D eigenvalue weighted by molar-refractivity contribution is 8.13. The van der Waals surface area contributed by atoms with E-state index in [-0.39, 0.29) is 22.9 Å². The molecule has 0 bridgehead atoms. The molecule has 0 saturated heterocycles. The molecule has 6 nitrogen and oxygen atoms in total. The van der Waals surface area contributed by atoms with E-state index in [2.05, 4.69) is 13.8 Å². The Balaban J connectivity index is 2.40. The first-order valence-corrected chi connectivity index (χ1v) is 16.1. The molecule has 0 N–H and O–H groups in total. The summed E-state index contributed by atoms with van der Waals surface area (Å²) in [7, 11) is -7.79. The molecule has 0 heterocycles. The van der Waals surface area contributed by atoms with Crippen molar-refractivity contribution in [2.24, 2.45) is 0 Å². The molecule has 0 radical (unpaired) electrons. The molecule has 2 aromatic carbocycles. The molecule has 0 aliphatic carbocycles. The summed E-state index contributed by atoms with van der Waals surface area (Å²) < 4.78 is 57.0. The van der Waals surface area contributed by atoms with Gasteiger partial charge in [-0.2, -0.15) is 0 Å². The fourth-order valence-corrected chi connectivity index (χ4v) is 8.12. The van der Waals surface area contributed by atoms with Gasteiger partial charge >= 0.3 is 0 Å². The first-order chi connectivity index (χ1) is 16.6. The maximum absolute atomic E-state index is 13.6. The van der Waals surface area contributed by atoms with Gasteiger partial charge in [-0.05, 0) is 51.0 Å². The molecule has 0 unspecified atom stereocenters. The maximum atomic E-state index is 13.6. The van der Waals surface area contributed by atoms with E-state index >= 15 is 0 Å². The van der Waals surface area contributed by atoms with Crippen molar-refractivity contribution in [1.82, 2.24) is 7.42 Å². The SMILES string of the molecule is CCCCCCN(SN(CCCCCC)S(=O)(=O)c1ccc(C)cc1)S(=O)(=O)c1ccc(C)cc1. The fraction of sp³-hybridized carbons (Fsp3) is 0.538. The summed E-state index contributed by atoms with van der Waals surface area (Å²) in [6.45, 7) is 8.49.